The quantitative estimate of drug-likeness (QED) is 0.905. The topological polar surface area (TPSA) is 64.8 Å². The molecule has 1 aromatic carbocycles. The van der Waals surface area contributed by atoms with Gasteiger partial charge in [-0.05, 0) is 12.1 Å². The van der Waals surface area contributed by atoms with E-state index in [0.29, 0.717) is 12.5 Å². The Balaban J connectivity index is 2.44. The Labute approximate surface area is 116 Å². The van der Waals surface area contributed by atoms with Gasteiger partial charge >= 0.3 is 0 Å². The van der Waals surface area contributed by atoms with Crippen molar-refractivity contribution in [3.8, 4) is 6.07 Å². The number of nitrogens with zero attached hydrogens (tertiary/aromatic N) is 4. The summed E-state index contributed by atoms with van der Waals surface area (Å²) < 4.78 is 14.0. The maximum absolute atomic E-state index is 14.0. The lowest BCUT2D eigenvalue weighted by molar-refractivity contribution is 0.611. The second-order valence-electron chi connectivity index (χ2n) is 4.01. The number of nitrogens with one attached hydrogen (secondary N) is 1. The van der Waals surface area contributed by atoms with Crippen molar-refractivity contribution in [3.05, 3.63) is 42.3 Å². The van der Waals surface area contributed by atoms with Crippen molar-refractivity contribution in [2.75, 3.05) is 23.8 Å². The molecule has 1 heterocycles. The van der Waals surface area contributed by atoms with Gasteiger partial charge in [-0.2, -0.15) is 10.2 Å². The summed E-state index contributed by atoms with van der Waals surface area (Å²) in [4.78, 5) is 9.63. The SMILES string of the molecule is CNc1ncc(F)c(N(CCC#N)c2ccccc2)n1. The van der Waals surface area contributed by atoms with Crippen molar-refractivity contribution in [3.63, 3.8) is 0 Å². The van der Waals surface area contributed by atoms with Crippen LogP contribution in [0.15, 0.2) is 36.5 Å². The number of halogens is 1. The standard InChI is InChI=1S/C14H14FN5/c1-17-14-18-10-12(15)13(19-14)20(9-5-8-16)11-6-3-2-4-7-11/h2-4,6-7,10H,5,9H2,1H3,(H,17,18,19). The van der Waals surface area contributed by atoms with Crippen LogP contribution in [0.2, 0.25) is 0 Å². The van der Waals surface area contributed by atoms with E-state index in [1.54, 1.807) is 11.9 Å². The van der Waals surface area contributed by atoms with Gasteiger partial charge in [0.15, 0.2) is 11.6 Å². The Kier molecular flexibility index (Phi) is 4.45. The van der Waals surface area contributed by atoms with Crippen LogP contribution in [0, 0.1) is 17.1 Å². The van der Waals surface area contributed by atoms with E-state index in [1.807, 2.05) is 30.3 Å². The highest BCUT2D eigenvalue weighted by Gasteiger charge is 2.16. The van der Waals surface area contributed by atoms with Crippen LogP contribution in [0.1, 0.15) is 6.42 Å². The van der Waals surface area contributed by atoms with Gasteiger partial charge in [-0.15, -0.1) is 0 Å². The molecule has 0 saturated carbocycles. The zero-order chi connectivity index (χ0) is 14.4. The van der Waals surface area contributed by atoms with Gasteiger partial charge in [0.2, 0.25) is 5.95 Å². The normalized spacial score (nSPS) is 9.85. The Hall–Kier alpha value is -2.68. The molecule has 1 N–H and O–H groups in total. The molecular weight excluding hydrogens is 257 g/mol. The van der Waals surface area contributed by atoms with Gasteiger partial charge in [-0.25, -0.2) is 9.37 Å². The molecule has 2 rings (SSSR count). The lowest BCUT2D eigenvalue weighted by Crippen LogP contribution is -2.21. The first-order chi connectivity index (χ1) is 9.76. The van der Waals surface area contributed by atoms with E-state index in [2.05, 4.69) is 21.4 Å². The zero-order valence-corrected chi connectivity index (χ0v) is 11.0. The maximum Gasteiger partial charge on any atom is 0.224 e. The average Bonchev–Trinajstić information content (AvgIpc) is 2.50. The number of rotatable bonds is 5. The minimum atomic E-state index is -0.522. The lowest BCUT2D eigenvalue weighted by Gasteiger charge is -2.23. The highest BCUT2D eigenvalue weighted by atomic mass is 19.1. The molecule has 0 fully saturated rings. The van der Waals surface area contributed by atoms with Crippen LogP contribution in [-0.4, -0.2) is 23.6 Å². The van der Waals surface area contributed by atoms with E-state index < -0.39 is 5.82 Å². The maximum atomic E-state index is 14.0. The van der Waals surface area contributed by atoms with Crippen LogP contribution < -0.4 is 10.2 Å². The minimum Gasteiger partial charge on any atom is -0.357 e. The number of hydrogen-bond donors (Lipinski definition) is 1. The summed E-state index contributed by atoms with van der Waals surface area (Å²) >= 11 is 0. The second kappa shape index (κ2) is 6.48. The molecule has 0 radical (unpaired) electrons. The number of anilines is 3. The molecule has 0 spiro atoms. The summed E-state index contributed by atoms with van der Waals surface area (Å²) in [7, 11) is 1.67. The average molecular weight is 271 g/mol. The van der Waals surface area contributed by atoms with Gasteiger partial charge in [-0.3, -0.25) is 0 Å². The molecule has 0 amide bonds. The minimum absolute atomic E-state index is 0.158. The van der Waals surface area contributed by atoms with Crippen molar-refractivity contribution in [2.24, 2.45) is 0 Å². The summed E-state index contributed by atoms with van der Waals surface area (Å²) in [5.41, 5.74) is 0.780. The first-order valence-electron chi connectivity index (χ1n) is 6.16. The fraction of sp³-hybridized carbons (Fsp3) is 0.214. The Morgan fingerprint density at radius 3 is 2.75 bits per heavy atom. The highest BCUT2D eigenvalue weighted by Crippen LogP contribution is 2.26. The van der Waals surface area contributed by atoms with Gasteiger partial charge in [0.1, 0.15) is 0 Å². The second-order valence-corrected chi connectivity index (χ2v) is 4.01. The summed E-state index contributed by atoms with van der Waals surface area (Å²) in [5, 5.41) is 11.5. The number of aromatic nitrogens is 2. The molecule has 102 valence electrons. The van der Waals surface area contributed by atoms with Gasteiger partial charge in [0.05, 0.1) is 18.7 Å². The molecule has 6 heteroatoms. The fourth-order valence-electron chi connectivity index (χ4n) is 1.79. The van der Waals surface area contributed by atoms with E-state index in [0.717, 1.165) is 11.9 Å². The zero-order valence-electron chi connectivity index (χ0n) is 11.0. The predicted octanol–water partition coefficient (Wildman–Crippen LogP) is 2.71. The van der Waals surface area contributed by atoms with Crippen LogP contribution in [-0.2, 0) is 0 Å². The van der Waals surface area contributed by atoms with Crippen LogP contribution in [0.25, 0.3) is 0 Å². The van der Waals surface area contributed by atoms with Crippen LogP contribution in [0.5, 0.6) is 0 Å². The highest BCUT2D eigenvalue weighted by molar-refractivity contribution is 5.61. The fourth-order valence-corrected chi connectivity index (χ4v) is 1.79. The van der Waals surface area contributed by atoms with Gasteiger partial charge in [0, 0.05) is 19.3 Å². The number of hydrogen-bond acceptors (Lipinski definition) is 5. The molecule has 2 aromatic rings. The number of benzene rings is 1. The molecule has 0 unspecified atom stereocenters. The van der Waals surface area contributed by atoms with E-state index in [1.165, 1.54) is 0 Å². The smallest absolute Gasteiger partial charge is 0.224 e. The molecule has 5 nitrogen and oxygen atoms in total. The van der Waals surface area contributed by atoms with Crippen molar-refractivity contribution in [2.45, 2.75) is 6.42 Å². The summed E-state index contributed by atoms with van der Waals surface area (Å²) in [5.74, 6) is -0.0316. The van der Waals surface area contributed by atoms with Crippen molar-refractivity contribution >= 4 is 17.5 Å². The first kappa shape index (κ1) is 13.7. The van der Waals surface area contributed by atoms with Gasteiger partial charge < -0.3 is 10.2 Å². The molecule has 20 heavy (non-hydrogen) atoms. The van der Waals surface area contributed by atoms with Gasteiger partial charge in [0.25, 0.3) is 0 Å². The summed E-state index contributed by atoms with van der Waals surface area (Å²) in [6, 6.07) is 11.3. The molecule has 0 aliphatic heterocycles. The third kappa shape index (κ3) is 3.01. The molecule has 0 saturated heterocycles. The molecule has 0 atom stereocenters. The monoisotopic (exact) mass is 271 g/mol. The number of para-hydroxylation sites is 1. The summed E-state index contributed by atoms with van der Waals surface area (Å²) in [6.45, 7) is 0.359. The van der Waals surface area contributed by atoms with E-state index in [4.69, 9.17) is 5.26 Å². The van der Waals surface area contributed by atoms with E-state index in [-0.39, 0.29) is 12.2 Å². The van der Waals surface area contributed by atoms with Gasteiger partial charge in [-0.1, -0.05) is 18.2 Å². The van der Waals surface area contributed by atoms with Crippen LogP contribution in [0.3, 0.4) is 0 Å². The molecule has 0 bridgehead atoms. The van der Waals surface area contributed by atoms with Crippen LogP contribution in [0.4, 0.5) is 21.8 Å². The molecular formula is C14H14FN5. The van der Waals surface area contributed by atoms with Crippen molar-refractivity contribution in [1.29, 1.82) is 5.26 Å². The van der Waals surface area contributed by atoms with Crippen molar-refractivity contribution in [1.82, 2.24) is 9.97 Å². The lowest BCUT2D eigenvalue weighted by atomic mass is 10.2. The van der Waals surface area contributed by atoms with E-state index >= 15 is 0 Å². The molecule has 0 aliphatic carbocycles. The van der Waals surface area contributed by atoms with E-state index in [9.17, 15) is 4.39 Å². The summed E-state index contributed by atoms with van der Waals surface area (Å²) in [6.07, 6.45) is 1.39. The predicted molar refractivity (Wildman–Crippen MR) is 75.2 cm³/mol. The van der Waals surface area contributed by atoms with Crippen LogP contribution >= 0.6 is 0 Å². The third-order valence-electron chi connectivity index (χ3n) is 2.72. The first-order valence-corrected chi connectivity index (χ1v) is 6.16. The molecule has 1 aromatic heterocycles. The Morgan fingerprint density at radius 1 is 1.35 bits per heavy atom. The van der Waals surface area contributed by atoms with Crippen molar-refractivity contribution < 1.29 is 4.39 Å². The number of nitriles is 1. The Morgan fingerprint density at radius 2 is 2.10 bits per heavy atom. The molecule has 0 aliphatic rings. The Bertz CT molecular complexity index is 609. The third-order valence-corrected chi connectivity index (χ3v) is 2.72. The largest absolute Gasteiger partial charge is 0.357 e.